The molecule has 0 aromatic heterocycles. The average molecular weight is 335 g/mol. The van der Waals surface area contributed by atoms with Crippen molar-refractivity contribution in [3.05, 3.63) is 71.7 Å². The van der Waals surface area contributed by atoms with Gasteiger partial charge in [-0.25, -0.2) is 4.39 Å². The van der Waals surface area contributed by atoms with Gasteiger partial charge >= 0.3 is 0 Å². The third-order valence-electron chi connectivity index (χ3n) is 5.90. The van der Waals surface area contributed by atoms with Gasteiger partial charge in [0, 0.05) is 23.8 Å². The minimum atomic E-state index is -0.0600. The van der Waals surface area contributed by atoms with Crippen LogP contribution < -0.4 is 0 Å². The second-order valence-corrected chi connectivity index (χ2v) is 8.08. The average Bonchev–Trinajstić information content (AvgIpc) is 3.24. The minimum absolute atomic E-state index is 0.0600. The molecule has 0 amide bonds. The molecule has 0 bridgehead atoms. The molecule has 1 spiro atoms. The largest absolute Gasteiger partial charge is 0.372 e. The summed E-state index contributed by atoms with van der Waals surface area (Å²) in [7, 11) is 0. The Bertz CT molecular complexity index is 804. The van der Waals surface area contributed by atoms with Gasteiger partial charge in [0.15, 0.2) is 0 Å². The van der Waals surface area contributed by atoms with Crippen LogP contribution in [0.1, 0.15) is 37.3 Å². The molecule has 1 nitrogen and oxygen atoms in total. The second kappa shape index (κ2) is 6.01. The Kier molecular flexibility index (Phi) is 3.94. The van der Waals surface area contributed by atoms with E-state index in [0.29, 0.717) is 11.5 Å². The van der Waals surface area contributed by atoms with Crippen LogP contribution in [-0.2, 0) is 6.42 Å². The molecule has 2 aliphatic rings. The number of hydrogen-bond donors (Lipinski definition) is 0. The van der Waals surface area contributed by atoms with Crippen molar-refractivity contribution in [1.29, 1.82) is 0 Å². The lowest BCUT2D eigenvalue weighted by atomic mass is 9.93. The molecule has 1 aliphatic carbocycles. The molecule has 2 aromatic carbocycles. The van der Waals surface area contributed by atoms with Crippen LogP contribution in [0, 0.1) is 18.2 Å². The highest BCUT2D eigenvalue weighted by atomic mass is 19.1. The van der Waals surface area contributed by atoms with Gasteiger partial charge in [-0.1, -0.05) is 48.5 Å². The molecule has 2 fully saturated rings. The molecule has 4 rings (SSSR count). The first-order chi connectivity index (χ1) is 12.0. The maximum absolute atomic E-state index is 15.3. The number of hydrogen-bond acceptors (Lipinski definition) is 1. The number of nitrogens with zero attached hydrogens (tertiary/aromatic N) is 1. The topological polar surface area (TPSA) is 3.24 Å². The van der Waals surface area contributed by atoms with Crippen molar-refractivity contribution in [2.75, 3.05) is 6.54 Å². The standard InChI is InChI=1S/C23H26FN/c1-16(2)25-15-23(9-10-23)14-20(25)13-19-11-17(3)12-21(22(19)24)18-7-5-4-6-8-18/h4-8,11-12,20H,1,9-10,13-15H2,2-3H3/t20-/m0/s1. The van der Waals surface area contributed by atoms with E-state index in [1.165, 1.54) is 19.3 Å². The van der Waals surface area contributed by atoms with Gasteiger partial charge in [0.05, 0.1) is 0 Å². The summed E-state index contributed by atoms with van der Waals surface area (Å²) in [5.41, 5.74) is 5.24. The summed E-state index contributed by atoms with van der Waals surface area (Å²) in [6.07, 6.45) is 4.58. The van der Waals surface area contributed by atoms with E-state index in [4.69, 9.17) is 0 Å². The highest BCUT2D eigenvalue weighted by Crippen LogP contribution is 2.55. The molecule has 2 aromatic rings. The third kappa shape index (κ3) is 3.10. The van der Waals surface area contributed by atoms with Crippen LogP contribution in [0.2, 0.25) is 0 Å². The van der Waals surface area contributed by atoms with E-state index in [1.54, 1.807) is 0 Å². The molecule has 0 radical (unpaired) electrons. The summed E-state index contributed by atoms with van der Waals surface area (Å²) in [5, 5.41) is 0. The van der Waals surface area contributed by atoms with Crippen molar-refractivity contribution in [1.82, 2.24) is 4.90 Å². The van der Waals surface area contributed by atoms with Crippen LogP contribution in [0.5, 0.6) is 0 Å². The Labute approximate surface area is 150 Å². The van der Waals surface area contributed by atoms with E-state index < -0.39 is 0 Å². The predicted octanol–water partition coefficient (Wildman–Crippen LogP) is 5.73. The molecule has 130 valence electrons. The zero-order valence-electron chi connectivity index (χ0n) is 15.2. The first-order valence-corrected chi connectivity index (χ1v) is 9.24. The lowest BCUT2D eigenvalue weighted by Gasteiger charge is -2.27. The van der Waals surface area contributed by atoms with Crippen LogP contribution in [0.15, 0.2) is 54.7 Å². The van der Waals surface area contributed by atoms with Crippen molar-refractivity contribution >= 4 is 0 Å². The van der Waals surface area contributed by atoms with Gasteiger partial charge < -0.3 is 4.90 Å². The van der Waals surface area contributed by atoms with E-state index in [9.17, 15) is 0 Å². The fourth-order valence-corrected chi connectivity index (χ4v) is 4.41. The zero-order chi connectivity index (χ0) is 17.6. The molecule has 1 aliphatic heterocycles. The number of likely N-dealkylation sites (tertiary alicyclic amines) is 1. The van der Waals surface area contributed by atoms with Gasteiger partial charge in [-0.3, -0.25) is 0 Å². The van der Waals surface area contributed by atoms with Gasteiger partial charge in [0.25, 0.3) is 0 Å². The first kappa shape index (κ1) is 16.4. The molecule has 2 heteroatoms. The Morgan fingerprint density at radius 2 is 1.96 bits per heavy atom. The Balaban J connectivity index is 1.67. The number of rotatable bonds is 4. The van der Waals surface area contributed by atoms with Gasteiger partial charge in [0.2, 0.25) is 0 Å². The van der Waals surface area contributed by atoms with Crippen molar-refractivity contribution in [3.63, 3.8) is 0 Å². The van der Waals surface area contributed by atoms with Gasteiger partial charge in [-0.2, -0.15) is 0 Å². The van der Waals surface area contributed by atoms with Gasteiger partial charge in [-0.15, -0.1) is 0 Å². The fourth-order valence-electron chi connectivity index (χ4n) is 4.41. The zero-order valence-corrected chi connectivity index (χ0v) is 15.2. The third-order valence-corrected chi connectivity index (χ3v) is 5.90. The fraction of sp³-hybridized carbons (Fsp3) is 0.391. The molecule has 25 heavy (non-hydrogen) atoms. The minimum Gasteiger partial charge on any atom is -0.372 e. The molecule has 1 heterocycles. The Morgan fingerprint density at radius 3 is 2.60 bits per heavy atom. The van der Waals surface area contributed by atoms with Crippen molar-refractivity contribution in [3.8, 4) is 11.1 Å². The highest BCUT2D eigenvalue weighted by Gasteiger charge is 2.51. The van der Waals surface area contributed by atoms with E-state index in [-0.39, 0.29) is 5.82 Å². The van der Waals surface area contributed by atoms with Crippen molar-refractivity contribution in [2.24, 2.45) is 5.41 Å². The quantitative estimate of drug-likeness (QED) is 0.689. The van der Waals surface area contributed by atoms with Crippen molar-refractivity contribution in [2.45, 2.75) is 45.6 Å². The van der Waals surface area contributed by atoms with Crippen LogP contribution in [0.4, 0.5) is 4.39 Å². The van der Waals surface area contributed by atoms with Crippen LogP contribution in [-0.4, -0.2) is 17.5 Å². The maximum Gasteiger partial charge on any atom is 0.134 e. The number of benzene rings is 2. The van der Waals surface area contributed by atoms with E-state index >= 15 is 4.39 Å². The summed E-state index contributed by atoms with van der Waals surface area (Å²) in [6.45, 7) is 9.40. The molecule has 1 saturated carbocycles. The number of halogens is 1. The summed E-state index contributed by atoms with van der Waals surface area (Å²) in [6, 6.07) is 14.2. The molecule has 1 atom stereocenters. The maximum atomic E-state index is 15.3. The highest BCUT2D eigenvalue weighted by molar-refractivity contribution is 5.66. The van der Waals surface area contributed by atoms with Gasteiger partial charge in [-0.05, 0) is 62.1 Å². The summed E-state index contributed by atoms with van der Waals surface area (Å²) >= 11 is 0. The monoisotopic (exact) mass is 335 g/mol. The Hall–Kier alpha value is -2.09. The first-order valence-electron chi connectivity index (χ1n) is 9.24. The smallest absolute Gasteiger partial charge is 0.134 e. The molecule has 0 unspecified atom stereocenters. The molecular formula is C23H26FN. The molecule has 1 saturated heterocycles. The van der Waals surface area contributed by atoms with Crippen molar-refractivity contribution < 1.29 is 4.39 Å². The Morgan fingerprint density at radius 1 is 1.24 bits per heavy atom. The lowest BCUT2D eigenvalue weighted by Crippen LogP contribution is -2.29. The summed E-state index contributed by atoms with van der Waals surface area (Å²) in [4.78, 5) is 2.41. The van der Waals surface area contributed by atoms with Crippen LogP contribution >= 0.6 is 0 Å². The molecular weight excluding hydrogens is 309 g/mol. The van der Waals surface area contributed by atoms with E-state index in [1.807, 2.05) is 42.5 Å². The summed E-state index contributed by atoms with van der Waals surface area (Å²) in [5.74, 6) is -0.0600. The number of allylic oxidation sites excluding steroid dienone is 1. The summed E-state index contributed by atoms with van der Waals surface area (Å²) < 4.78 is 15.3. The van der Waals surface area contributed by atoms with Crippen LogP contribution in [0.25, 0.3) is 11.1 Å². The lowest BCUT2D eigenvalue weighted by molar-refractivity contribution is 0.314. The van der Waals surface area contributed by atoms with E-state index in [0.717, 1.165) is 40.9 Å². The normalized spacial score (nSPS) is 20.9. The SMILES string of the molecule is C=C(C)N1CC2(CC2)C[C@@H]1Cc1cc(C)cc(-c2ccccc2)c1F. The second-order valence-electron chi connectivity index (χ2n) is 8.08. The van der Waals surface area contributed by atoms with Gasteiger partial charge in [0.1, 0.15) is 5.82 Å². The predicted molar refractivity (Wildman–Crippen MR) is 102 cm³/mol. The molecule has 0 N–H and O–H groups in total. The van der Waals surface area contributed by atoms with Crippen LogP contribution in [0.3, 0.4) is 0 Å². The number of aryl methyl sites for hydroxylation is 1. The van der Waals surface area contributed by atoms with E-state index in [2.05, 4.69) is 25.3 Å².